The van der Waals surface area contributed by atoms with Crippen molar-refractivity contribution in [1.82, 2.24) is 41.7 Å². The molecule has 9 unspecified atom stereocenters. The zero-order valence-corrected chi connectivity index (χ0v) is 47.2. The van der Waals surface area contributed by atoms with Gasteiger partial charge in [0.05, 0.1) is 37.6 Å². The molecule has 1 aromatic rings. The summed E-state index contributed by atoms with van der Waals surface area (Å²) in [7, 11) is 0. The fraction of sp³-hybridized carbons (Fsp3) is 0.759. The first-order valence-corrected chi connectivity index (χ1v) is 28.6. The van der Waals surface area contributed by atoms with E-state index < -0.39 is 146 Å². The van der Waals surface area contributed by atoms with E-state index in [-0.39, 0.29) is 70.0 Å². The number of phenols is 1. The number of unbranched alkanes of at least 4 members (excludes halogenated alkanes) is 5. The second kappa shape index (κ2) is 34.2. The molecule has 81 heavy (non-hydrogen) atoms. The van der Waals surface area contributed by atoms with E-state index in [2.05, 4.69) is 57.8 Å². The van der Waals surface area contributed by atoms with E-state index in [0.717, 1.165) is 60.5 Å². The van der Waals surface area contributed by atoms with Gasteiger partial charge in [-0.1, -0.05) is 83.0 Å². The van der Waals surface area contributed by atoms with Gasteiger partial charge in [0.2, 0.25) is 41.4 Å². The molecule has 3 aliphatic rings. The van der Waals surface area contributed by atoms with E-state index >= 15 is 0 Å². The summed E-state index contributed by atoms with van der Waals surface area (Å²) in [6, 6.07) is -8.22. The molecule has 0 bridgehead atoms. The molecule has 458 valence electrons. The number of carbonyl (C=O) groups is 7. The summed E-state index contributed by atoms with van der Waals surface area (Å²) in [5.74, 6) is -6.64. The predicted octanol–water partition coefficient (Wildman–Crippen LogP) is -2.52. The van der Waals surface area contributed by atoms with E-state index in [1.54, 1.807) is 0 Å². The van der Waals surface area contributed by atoms with Crippen molar-refractivity contribution in [3.8, 4) is 5.75 Å². The maximum Gasteiger partial charge on any atom is 0.248 e. The maximum absolute atomic E-state index is 14.7. The monoisotopic (exact) mass is 1150 g/mol. The van der Waals surface area contributed by atoms with Crippen molar-refractivity contribution in [2.75, 3.05) is 45.9 Å². The Morgan fingerprint density at radius 3 is 2.05 bits per heavy atom. The average Bonchev–Trinajstić information content (AvgIpc) is 4.04. The number of aromatic hydroxyl groups is 1. The van der Waals surface area contributed by atoms with Crippen LogP contribution in [0.2, 0.25) is 0 Å². The van der Waals surface area contributed by atoms with Crippen molar-refractivity contribution in [3.63, 3.8) is 0 Å². The van der Waals surface area contributed by atoms with Crippen molar-refractivity contribution in [3.05, 3.63) is 34.7 Å². The van der Waals surface area contributed by atoms with Crippen LogP contribution in [-0.4, -0.2) is 212 Å². The van der Waals surface area contributed by atoms with E-state index in [4.69, 9.17) is 16.2 Å². The fourth-order valence-electron chi connectivity index (χ4n) is 10.5. The van der Waals surface area contributed by atoms with Gasteiger partial charge in [-0.3, -0.25) is 38.9 Å². The maximum atomic E-state index is 14.7. The van der Waals surface area contributed by atoms with Crippen LogP contribution in [0, 0.1) is 16.7 Å². The standard InChI is InChI=1S/C54H91N11O16/c1-5-30(2)26-31(3)12-10-8-6-7-9-11-13-41(71)58-36-28-40(70)48(57-22-25-81-24-21-56)62-52(77)45-39(69)19-23-64(45)54(79)43(38(68)18-20-55)60-51(76)44(47(73)46(72)33-14-16-34(66)17-15-33)61-50(75)37-27-35(67)29-65(37)53(78)42(32(4)63-80)59-49(36)74/h14-17,30-32,35-40,42-48,57,66-70,72-73H,5-13,18-29,55-56H2,1-4H3,(H,58,71)(H,59,74)(H,60,76)(H,61,75)(H,62,77)/t30?,31?,32-,35-,36?,37?,38-,39+,40-,42?,43?,44?,45?,46+,47+,48?/m1/s1. The first-order valence-electron chi connectivity index (χ1n) is 28.6. The van der Waals surface area contributed by atoms with Gasteiger partial charge in [-0.25, -0.2) is 0 Å². The largest absolute Gasteiger partial charge is 0.508 e. The van der Waals surface area contributed by atoms with E-state index in [0.29, 0.717) is 24.7 Å². The van der Waals surface area contributed by atoms with Crippen molar-refractivity contribution < 1.29 is 74.0 Å². The minimum absolute atomic E-state index is 0.0169. The van der Waals surface area contributed by atoms with Gasteiger partial charge in [0.25, 0.3) is 0 Å². The molecule has 0 saturated carbocycles. The molecule has 17 N–H and O–H groups in total. The number of ether oxygens (including phenoxy) is 1. The molecule has 0 radical (unpaired) electrons. The highest BCUT2D eigenvalue weighted by Gasteiger charge is 2.49. The third-order valence-electron chi connectivity index (χ3n) is 15.4. The Hall–Kier alpha value is -5.49. The van der Waals surface area contributed by atoms with Gasteiger partial charge in [-0.05, 0) is 68.7 Å². The Morgan fingerprint density at radius 2 is 1.40 bits per heavy atom. The number of hydrogen-bond donors (Lipinski definition) is 15. The summed E-state index contributed by atoms with van der Waals surface area (Å²) < 4.78 is 5.48. The number of benzene rings is 1. The molecule has 4 rings (SSSR count). The number of nitrogens with two attached hydrogens (primary N) is 2. The van der Waals surface area contributed by atoms with Gasteiger partial charge < -0.3 is 88.3 Å². The van der Waals surface area contributed by atoms with Crippen LogP contribution < -0.4 is 43.4 Å². The van der Waals surface area contributed by atoms with Crippen molar-refractivity contribution in [2.24, 2.45) is 28.5 Å². The number of amides is 7. The Morgan fingerprint density at radius 1 is 0.753 bits per heavy atom. The second-order valence-corrected chi connectivity index (χ2v) is 22.0. The van der Waals surface area contributed by atoms with E-state index in [1.807, 2.05) is 0 Å². The lowest BCUT2D eigenvalue weighted by molar-refractivity contribution is -0.148. The Kier molecular flexibility index (Phi) is 28.7. The number of nitrogens with zero attached hydrogens (tertiary/aromatic N) is 3. The molecule has 0 aliphatic carbocycles. The SMILES string of the molecule is CCC(C)CC(C)CCCCCCCCC(=O)NC1C[C@@H](O)C(NCCOCCN)NC(=O)C2[C@@H](O)CCN2C(=O)C([C@H](O)CCN)NC(=O)C([C@H](O)[C@@H](O)c2ccc(O)cc2)NC(=O)C2C[C@@H](O)CN2C(=O)C([C@@H](C)N=O)NC1=O. The Balaban J connectivity index is 1.77. The summed E-state index contributed by atoms with van der Waals surface area (Å²) in [6.45, 7) is 6.96. The predicted molar refractivity (Wildman–Crippen MR) is 295 cm³/mol. The highest BCUT2D eigenvalue weighted by atomic mass is 16.5. The molecule has 27 nitrogen and oxygen atoms in total. The lowest BCUT2D eigenvalue weighted by Gasteiger charge is -2.35. The molecular weight excluding hydrogens is 1060 g/mol. The quantitative estimate of drug-likeness (QED) is 0.0319. The van der Waals surface area contributed by atoms with Crippen LogP contribution in [0.4, 0.5) is 0 Å². The number of phenolic OH excluding ortho intramolecular Hbond substituents is 1. The number of aliphatic hydroxyl groups excluding tert-OH is 6. The highest BCUT2D eigenvalue weighted by Crippen LogP contribution is 2.27. The first-order chi connectivity index (χ1) is 38.6. The van der Waals surface area contributed by atoms with E-state index in [1.165, 1.54) is 25.5 Å². The Bertz CT molecular complexity index is 2180. The number of rotatable bonds is 27. The van der Waals surface area contributed by atoms with Crippen LogP contribution in [0.3, 0.4) is 0 Å². The van der Waals surface area contributed by atoms with Gasteiger partial charge in [0.1, 0.15) is 66.4 Å². The lowest BCUT2D eigenvalue weighted by Crippen LogP contribution is -2.65. The number of aliphatic hydroxyl groups is 6. The third-order valence-corrected chi connectivity index (χ3v) is 15.4. The molecule has 3 heterocycles. The molecule has 1 aromatic carbocycles. The van der Waals surface area contributed by atoms with Crippen molar-refractivity contribution >= 4 is 41.4 Å². The number of carbonyl (C=O) groups excluding carboxylic acids is 7. The van der Waals surface area contributed by atoms with Crippen LogP contribution >= 0.6 is 0 Å². The van der Waals surface area contributed by atoms with Crippen LogP contribution in [0.1, 0.15) is 129 Å². The van der Waals surface area contributed by atoms with Crippen molar-refractivity contribution in [2.45, 2.75) is 203 Å². The summed E-state index contributed by atoms with van der Waals surface area (Å²) >= 11 is 0. The second-order valence-electron chi connectivity index (χ2n) is 22.0. The zero-order valence-electron chi connectivity index (χ0n) is 47.2. The van der Waals surface area contributed by atoms with Crippen molar-refractivity contribution in [1.29, 1.82) is 0 Å². The summed E-state index contributed by atoms with van der Waals surface area (Å²) in [5, 5.41) is 97.0. The highest BCUT2D eigenvalue weighted by molar-refractivity contribution is 5.98. The van der Waals surface area contributed by atoms with Crippen LogP contribution in [0.25, 0.3) is 0 Å². The molecule has 16 atom stereocenters. The first kappa shape index (κ1) is 68.0. The van der Waals surface area contributed by atoms with Gasteiger partial charge in [0.15, 0.2) is 0 Å². The summed E-state index contributed by atoms with van der Waals surface area (Å²) in [5.41, 5.74) is 11.3. The summed E-state index contributed by atoms with van der Waals surface area (Å²) in [4.78, 5) is 115. The Labute approximate surface area is 473 Å². The van der Waals surface area contributed by atoms with Crippen LogP contribution in [-0.2, 0) is 38.3 Å². The van der Waals surface area contributed by atoms with Gasteiger partial charge >= 0.3 is 0 Å². The molecule has 3 aliphatic heterocycles. The third kappa shape index (κ3) is 20.4. The molecule has 0 aromatic heterocycles. The smallest absolute Gasteiger partial charge is 0.248 e. The number of nitroso groups, excluding NO2 is 1. The van der Waals surface area contributed by atoms with E-state index in [9.17, 15) is 74.2 Å². The number of hydrogen-bond acceptors (Lipinski definition) is 20. The molecule has 3 fully saturated rings. The molecule has 0 spiro atoms. The topological polar surface area (TPSA) is 430 Å². The molecular formula is C54H91N11O16. The summed E-state index contributed by atoms with van der Waals surface area (Å²) in [6.07, 6.45) is -5.73. The molecule has 3 saturated heterocycles. The zero-order chi connectivity index (χ0) is 59.9. The average molecular weight is 1150 g/mol. The fourth-order valence-corrected chi connectivity index (χ4v) is 10.5. The molecule has 27 heteroatoms. The van der Waals surface area contributed by atoms with Gasteiger partial charge in [-0.15, -0.1) is 0 Å². The number of fused-ring (bicyclic) bond motifs is 2. The normalized spacial score (nSPS) is 27.8. The van der Waals surface area contributed by atoms with Gasteiger partial charge in [0, 0.05) is 45.4 Å². The minimum atomic E-state index is -2.30. The molecule has 7 amide bonds. The van der Waals surface area contributed by atoms with Crippen LogP contribution in [0.15, 0.2) is 29.4 Å². The minimum Gasteiger partial charge on any atom is -0.508 e. The van der Waals surface area contributed by atoms with Gasteiger partial charge in [-0.2, -0.15) is 4.91 Å². The number of nitrogens with one attached hydrogen (secondary N) is 6. The van der Waals surface area contributed by atoms with Crippen LogP contribution in [0.5, 0.6) is 5.75 Å². The lowest BCUT2D eigenvalue weighted by atomic mass is 9.91.